The van der Waals surface area contributed by atoms with E-state index in [0.717, 1.165) is 30.7 Å². The number of carbonyl (C=O) groups is 2. The summed E-state index contributed by atoms with van der Waals surface area (Å²) in [7, 11) is 0. The van der Waals surface area contributed by atoms with Crippen molar-refractivity contribution in [2.75, 3.05) is 37.8 Å². The van der Waals surface area contributed by atoms with Crippen LogP contribution < -0.4 is 20.8 Å². The summed E-state index contributed by atoms with van der Waals surface area (Å²) in [5.41, 5.74) is 4.12. The third kappa shape index (κ3) is 7.44. The lowest BCUT2D eigenvalue weighted by Gasteiger charge is -2.32. The molecule has 0 spiro atoms. The number of rotatable bonds is 12. The number of piperidine rings is 1. The van der Waals surface area contributed by atoms with Gasteiger partial charge in [0.25, 0.3) is 5.91 Å². The number of alkyl halides is 2. The lowest BCUT2D eigenvalue weighted by molar-refractivity contribution is -0.133. The lowest BCUT2D eigenvalue weighted by atomic mass is 10.0. The van der Waals surface area contributed by atoms with Gasteiger partial charge in [0.2, 0.25) is 5.91 Å². The van der Waals surface area contributed by atoms with Crippen molar-refractivity contribution in [3.63, 3.8) is 0 Å². The number of benzene rings is 1. The molecule has 15 heteroatoms. The molecule has 0 bridgehead atoms. The number of thioether (sulfide) groups is 1. The van der Waals surface area contributed by atoms with Crippen molar-refractivity contribution in [1.82, 2.24) is 30.4 Å². The number of anilines is 1. The summed E-state index contributed by atoms with van der Waals surface area (Å²) in [5, 5.41) is 21.2. The molecule has 0 saturated carbocycles. The summed E-state index contributed by atoms with van der Waals surface area (Å²) in [5.74, 6) is -0.253. The van der Waals surface area contributed by atoms with Gasteiger partial charge >= 0.3 is 6.61 Å². The van der Waals surface area contributed by atoms with E-state index >= 15 is 0 Å². The Labute approximate surface area is 257 Å². The molecule has 1 aromatic carbocycles. The van der Waals surface area contributed by atoms with Gasteiger partial charge in [0.1, 0.15) is 18.0 Å². The van der Waals surface area contributed by atoms with E-state index in [0.29, 0.717) is 30.9 Å². The third-order valence-electron chi connectivity index (χ3n) is 7.43. The Morgan fingerprint density at radius 1 is 1.30 bits per heavy atom. The Morgan fingerprint density at radius 3 is 2.86 bits per heavy atom. The van der Waals surface area contributed by atoms with Gasteiger partial charge in [-0.3, -0.25) is 19.3 Å². The molecule has 3 N–H and O–H groups in total. The van der Waals surface area contributed by atoms with Crippen molar-refractivity contribution in [1.29, 1.82) is 5.26 Å². The predicted molar refractivity (Wildman–Crippen MR) is 162 cm³/mol. The number of nitrogens with zero attached hydrogens (tertiary/aromatic N) is 6. The van der Waals surface area contributed by atoms with Crippen LogP contribution in [0, 0.1) is 11.3 Å². The van der Waals surface area contributed by atoms with Crippen molar-refractivity contribution in [3.05, 3.63) is 48.1 Å². The largest absolute Gasteiger partial charge is 0.434 e. The number of nitriles is 1. The highest BCUT2D eigenvalue weighted by Crippen LogP contribution is 2.38. The second-order valence-corrected chi connectivity index (χ2v) is 11.2. The minimum atomic E-state index is -3.07. The topological polar surface area (TPSA) is 140 Å². The second kappa shape index (κ2) is 14.5. The van der Waals surface area contributed by atoms with Gasteiger partial charge in [-0.25, -0.2) is 10.4 Å². The molecule has 1 aromatic heterocycles. The first kappa shape index (κ1) is 31.2. The zero-order chi connectivity index (χ0) is 31.1. The summed E-state index contributed by atoms with van der Waals surface area (Å²) in [6, 6.07) is 7.19. The molecule has 1 fully saturated rings. The van der Waals surface area contributed by atoms with Gasteiger partial charge in [-0.2, -0.15) is 19.1 Å². The zero-order valence-electron chi connectivity index (χ0n) is 24.1. The van der Waals surface area contributed by atoms with Crippen molar-refractivity contribution in [3.8, 4) is 23.1 Å². The van der Waals surface area contributed by atoms with E-state index in [4.69, 9.17) is 10.00 Å². The van der Waals surface area contributed by atoms with Crippen LogP contribution in [0.2, 0.25) is 0 Å². The molecular formula is C29H33F2N9O3S. The summed E-state index contributed by atoms with van der Waals surface area (Å²) in [4.78, 5) is 33.6. The van der Waals surface area contributed by atoms with Crippen LogP contribution in [0.1, 0.15) is 25.7 Å². The molecule has 0 atom stereocenters. The number of ether oxygens (including phenoxy) is 1. The Hall–Kier alpha value is -4.26. The van der Waals surface area contributed by atoms with Crippen molar-refractivity contribution in [2.24, 2.45) is 4.99 Å². The standard InChI is InChI=1S/C29H33F2N9O3S/c1-44-20-5-6-24(43-29(30)31)21(15-20)26-23(36-28(42)22-16-35-40-12-4-11-34-27(22)40)17-39(37-26)18-25(41)38-13-7-19(8-14-38)33-10-3-2-9-32/h4-6,11-12,15,17,19,29,33,35H,2-3,7-8,10,13-14,16,18H2,1H3,(H,36,42). The van der Waals surface area contributed by atoms with Crippen molar-refractivity contribution < 1.29 is 23.1 Å². The minimum Gasteiger partial charge on any atom is -0.434 e. The van der Waals surface area contributed by atoms with Crippen LogP contribution in [0.3, 0.4) is 0 Å². The fraction of sp³-hybridized carbons (Fsp3) is 0.414. The maximum absolute atomic E-state index is 13.4. The van der Waals surface area contributed by atoms with Crippen LogP contribution in [-0.2, 0) is 16.1 Å². The van der Waals surface area contributed by atoms with E-state index in [1.807, 2.05) is 6.26 Å². The van der Waals surface area contributed by atoms with Gasteiger partial charge in [-0.1, -0.05) is 0 Å². The fourth-order valence-electron chi connectivity index (χ4n) is 5.20. The molecule has 3 aliphatic heterocycles. The molecule has 2 aromatic rings. The van der Waals surface area contributed by atoms with E-state index in [1.165, 1.54) is 28.7 Å². The van der Waals surface area contributed by atoms with Crippen LogP contribution in [-0.4, -0.2) is 82.8 Å². The highest BCUT2D eigenvalue weighted by molar-refractivity contribution is 7.98. The Balaban J connectivity index is 1.37. The monoisotopic (exact) mass is 625 g/mol. The quantitative estimate of drug-likeness (QED) is 0.239. The number of halogens is 2. The molecule has 232 valence electrons. The van der Waals surface area contributed by atoms with Crippen LogP contribution in [0.25, 0.3) is 11.3 Å². The van der Waals surface area contributed by atoms with Gasteiger partial charge in [0.15, 0.2) is 5.82 Å². The first-order valence-corrected chi connectivity index (χ1v) is 15.5. The number of hydrogen-bond acceptors (Lipinski definition) is 10. The smallest absolute Gasteiger partial charge is 0.387 e. The lowest BCUT2D eigenvalue weighted by Crippen LogP contribution is -2.46. The first-order valence-electron chi connectivity index (χ1n) is 14.2. The van der Waals surface area contributed by atoms with Gasteiger partial charge < -0.3 is 20.3 Å². The molecule has 0 aliphatic carbocycles. The van der Waals surface area contributed by atoms with Gasteiger partial charge in [0, 0.05) is 61.2 Å². The number of likely N-dealkylation sites (tertiary alicyclic amines) is 1. The summed E-state index contributed by atoms with van der Waals surface area (Å²) in [6.07, 6.45) is 11.3. The first-order chi connectivity index (χ1) is 21.4. The van der Waals surface area contributed by atoms with E-state index in [1.54, 1.807) is 40.5 Å². The van der Waals surface area contributed by atoms with E-state index in [2.05, 4.69) is 32.2 Å². The molecule has 0 radical (unpaired) electrons. The molecule has 4 heterocycles. The van der Waals surface area contributed by atoms with E-state index in [9.17, 15) is 18.4 Å². The number of unbranched alkanes of at least 4 members (excludes halogenated alkanes) is 1. The highest BCUT2D eigenvalue weighted by atomic mass is 32.2. The van der Waals surface area contributed by atoms with Crippen LogP contribution in [0.4, 0.5) is 14.5 Å². The number of allylic oxidation sites excluding steroid dienone is 1. The van der Waals surface area contributed by atoms with Crippen LogP contribution >= 0.6 is 11.8 Å². The molecule has 1 saturated heterocycles. The molecule has 2 amide bonds. The molecule has 3 aliphatic rings. The average molecular weight is 626 g/mol. The van der Waals surface area contributed by atoms with Gasteiger partial charge in [0.05, 0.1) is 17.3 Å². The number of carbonyl (C=O) groups excluding carboxylic acids is 2. The van der Waals surface area contributed by atoms with E-state index in [-0.39, 0.29) is 47.7 Å². The van der Waals surface area contributed by atoms with Crippen LogP contribution in [0.15, 0.2) is 58.0 Å². The molecule has 44 heavy (non-hydrogen) atoms. The van der Waals surface area contributed by atoms with E-state index < -0.39 is 12.5 Å². The maximum atomic E-state index is 13.4. The Morgan fingerprint density at radius 2 is 2.11 bits per heavy atom. The average Bonchev–Trinajstić information content (AvgIpc) is 3.63. The highest BCUT2D eigenvalue weighted by Gasteiger charge is 2.29. The number of fused-ring (bicyclic) bond motifs is 1. The second-order valence-electron chi connectivity index (χ2n) is 10.3. The number of amides is 2. The minimum absolute atomic E-state index is 0.102. The normalized spacial score (nSPS) is 16.4. The summed E-state index contributed by atoms with van der Waals surface area (Å²) >= 11 is 1.41. The zero-order valence-corrected chi connectivity index (χ0v) is 24.9. The van der Waals surface area contributed by atoms with Gasteiger partial charge in [-0.05, 0) is 56.3 Å². The number of hydrogen-bond donors (Lipinski definition) is 3. The Bertz CT molecular complexity index is 1510. The van der Waals surface area contributed by atoms with Crippen molar-refractivity contribution >= 4 is 35.5 Å². The van der Waals surface area contributed by atoms with Crippen LogP contribution in [0.5, 0.6) is 5.75 Å². The maximum Gasteiger partial charge on any atom is 0.387 e. The molecule has 12 nitrogen and oxygen atoms in total. The number of nitrogens with one attached hydrogen (secondary N) is 3. The summed E-state index contributed by atoms with van der Waals surface area (Å²) < 4.78 is 32.9. The van der Waals surface area contributed by atoms with Crippen molar-refractivity contribution in [2.45, 2.75) is 49.8 Å². The third-order valence-corrected chi connectivity index (χ3v) is 8.15. The molecule has 0 unspecified atom stereocenters. The summed E-state index contributed by atoms with van der Waals surface area (Å²) in [6.45, 7) is -1.03. The fourth-order valence-corrected chi connectivity index (χ4v) is 5.64. The number of aliphatic imine (C=N–C) groups is 1. The molecular weight excluding hydrogens is 592 g/mol. The van der Waals surface area contributed by atoms with Gasteiger partial charge in [-0.15, -0.1) is 11.8 Å². The molecule has 5 rings (SSSR count). The predicted octanol–water partition coefficient (Wildman–Crippen LogP) is 3.33. The number of aromatic nitrogens is 2. The SMILES string of the molecule is CSc1ccc(OC(F)F)c(-c2nn(CC(=O)N3CCC(NCCCC#N)CC3)cc2NC(=O)C2=C3N=CC=CN3NC2)c1. The Kier molecular flexibility index (Phi) is 10.3. The number of hydrazine groups is 1.